The van der Waals surface area contributed by atoms with Crippen molar-refractivity contribution in [2.24, 2.45) is 0 Å². The first-order valence-electron chi connectivity index (χ1n) is 30.6. The Labute approximate surface area is 591 Å². The number of rotatable bonds is 15. The molecular weight excluding hydrogens is 1430 g/mol. The van der Waals surface area contributed by atoms with E-state index < -0.39 is 0 Å². The van der Waals surface area contributed by atoms with Gasteiger partial charge in [0.25, 0.3) is 0 Å². The summed E-state index contributed by atoms with van der Waals surface area (Å²) < 4.78 is 8.93. The fourth-order valence-corrected chi connectivity index (χ4v) is 6.99. The van der Waals surface area contributed by atoms with E-state index in [2.05, 4.69) is 226 Å². The fraction of sp³-hybridized carbons (Fsp3) is 0.373. The van der Waals surface area contributed by atoms with Crippen molar-refractivity contribution in [2.45, 2.75) is 180 Å². The molecule has 9 heterocycles. The average molecular weight is 1540 g/mol. The third-order valence-electron chi connectivity index (χ3n) is 12.1. The summed E-state index contributed by atoms with van der Waals surface area (Å²) >= 11 is 3.31. The number of aryl methyl sites for hydroxylation is 12. The summed E-state index contributed by atoms with van der Waals surface area (Å²) in [7, 11) is 0. The zero-order valence-electron chi connectivity index (χ0n) is 56.1. The van der Waals surface area contributed by atoms with Gasteiger partial charge in [0.15, 0.2) is 49.6 Å². The van der Waals surface area contributed by atoms with Crippen molar-refractivity contribution < 1.29 is 86.2 Å². The van der Waals surface area contributed by atoms with Gasteiger partial charge in [-0.25, -0.2) is 18.3 Å². The summed E-state index contributed by atoms with van der Waals surface area (Å²) in [5.74, 6) is 0. The Morgan fingerprint density at radius 3 is 0.573 bits per heavy atom. The second kappa shape index (κ2) is 66.9. The van der Waals surface area contributed by atoms with Gasteiger partial charge >= 0.3 is 0 Å². The Balaban J connectivity index is -0.000000295. The fourth-order valence-electron chi connectivity index (χ4n) is 6.43. The number of hydrogen-bond acceptors (Lipinski definition) is 5. The van der Waals surface area contributed by atoms with Crippen LogP contribution in [0.25, 0.3) is 6.08 Å². The lowest BCUT2D eigenvalue weighted by Gasteiger charge is -1.94. The van der Waals surface area contributed by atoms with E-state index in [0.29, 0.717) is 0 Å². The van der Waals surface area contributed by atoms with E-state index in [1.807, 2.05) is 88.4 Å². The SMILES string of the molecule is C=Cc1ccncc1.CCCCBr.CCCC[n+]1ccc(C)cc1.CCCC[n+]1ccc(C)cc1.CCCC[n+]1ccc(C)cc1.CCCC[n+]1ccc(C)cc1.Cc1ccncc1.Cc1ccncc1.Cc1ccncc1.Cc1ccncc1.[Br-].[Br-].[Br-].[Br-]. The van der Waals surface area contributed by atoms with Gasteiger partial charge in [0.2, 0.25) is 0 Å². The molecular formula is C75H108Br5N9. The van der Waals surface area contributed by atoms with Crippen molar-refractivity contribution in [3.8, 4) is 0 Å². The van der Waals surface area contributed by atoms with Crippen molar-refractivity contribution >= 4 is 22.0 Å². The van der Waals surface area contributed by atoms with Gasteiger partial charge in [-0.2, -0.15) is 0 Å². The zero-order valence-corrected chi connectivity index (χ0v) is 64.0. The summed E-state index contributed by atoms with van der Waals surface area (Å²) in [4.78, 5) is 19.2. The normalized spacial score (nSPS) is 8.92. The maximum Gasteiger partial charge on any atom is 0.169 e. The molecule has 9 aromatic rings. The molecule has 0 radical (unpaired) electrons. The predicted molar refractivity (Wildman–Crippen MR) is 364 cm³/mol. The zero-order chi connectivity index (χ0) is 62.8. The van der Waals surface area contributed by atoms with Gasteiger partial charge in [-0.3, -0.25) is 24.9 Å². The van der Waals surface area contributed by atoms with E-state index >= 15 is 0 Å². The van der Waals surface area contributed by atoms with E-state index in [0.717, 1.165) is 37.1 Å². The molecule has 0 aliphatic carbocycles. The summed E-state index contributed by atoms with van der Waals surface area (Å²) in [6.07, 6.45) is 49.5. The molecule has 0 saturated heterocycles. The Kier molecular flexibility index (Phi) is 69.3. The molecule has 0 bridgehead atoms. The van der Waals surface area contributed by atoms with Crippen molar-refractivity contribution in [3.05, 3.63) is 277 Å². The maximum absolute atomic E-state index is 3.85. The van der Waals surface area contributed by atoms with Crippen molar-refractivity contribution in [1.29, 1.82) is 0 Å². The largest absolute Gasteiger partial charge is 1.00 e. The predicted octanol–water partition coefficient (Wildman–Crippen LogP) is 5.81. The minimum atomic E-state index is 0. The first-order valence-corrected chi connectivity index (χ1v) is 31.7. The molecule has 488 valence electrons. The van der Waals surface area contributed by atoms with Gasteiger partial charge < -0.3 is 67.9 Å². The van der Waals surface area contributed by atoms with Gasteiger partial charge in [-0.15, -0.1) is 0 Å². The molecule has 89 heavy (non-hydrogen) atoms. The van der Waals surface area contributed by atoms with Crippen LogP contribution < -0.4 is 86.2 Å². The van der Waals surface area contributed by atoms with E-state index in [9.17, 15) is 0 Å². The van der Waals surface area contributed by atoms with Gasteiger partial charge in [-0.1, -0.05) is 95.3 Å². The first-order chi connectivity index (χ1) is 41.2. The average Bonchev–Trinajstić information content (AvgIpc) is 3.57. The monoisotopic (exact) mass is 1530 g/mol. The minimum Gasteiger partial charge on any atom is -1.00 e. The molecule has 0 amide bonds. The molecule has 0 atom stereocenters. The molecule has 0 aliphatic heterocycles. The van der Waals surface area contributed by atoms with Crippen LogP contribution >= 0.6 is 15.9 Å². The molecule has 0 fully saturated rings. The molecule has 0 N–H and O–H groups in total. The van der Waals surface area contributed by atoms with Gasteiger partial charge in [0.1, 0.15) is 26.2 Å². The standard InChI is InChI=1S/4C10H16N.C7H7N.4C6H7N.C4H9Br.4BrH/c4*1-3-4-7-11-8-5-10(2)6-9-11;1-2-7-3-5-8-6-4-7;4*1-6-2-4-7-5-3-6;1-2-3-4-5;;;;/h4*5-6,8-9H,3-4,7H2,1-2H3;2-6H,1H2;4*2-5H,1H3;2-4H2,1H3;4*1H/q4*+1;;;;;;;;;;/p-4. The van der Waals surface area contributed by atoms with Crippen LogP contribution in [-0.4, -0.2) is 30.2 Å². The van der Waals surface area contributed by atoms with Gasteiger partial charge in [-0.05, 0) is 173 Å². The van der Waals surface area contributed by atoms with Crippen LogP contribution in [0.1, 0.15) is 149 Å². The Hall–Kier alpha value is -5.51. The lowest BCUT2D eigenvalue weighted by molar-refractivity contribution is -0.697. The van der Waals surface area contributed by atoms with Crippen LogP contribution in [-0.2, 0) is 26.2 Å². The lowest BCUT2D eigenvalue weighted by Crippen LogP contribution is -3.00. The molecule has 0 aliphatic rings. The molecule has 9 nitrogen and oxygen atoms in total. The highest BCUT2D eigenvalue weighted by molar-refractivity contribution is 9.09. The van der Waals surface area contributed by atoms with E-state index in [-0.39, 0.29) is 67.9 Å². The quantitative estimate of drug-likeness (QED) is 0.0958. The highest BCUT2D eigenvalue weighted by Gasteiger charge is 1.99. The lowest BCUT2D eigenvalue weighted by atomic mass is 10.3. The Morgan fingerprint density at radius 2 is 0.461 bits per heavy atom. The molecule has 9 rings (SSSR count). The van der Waals surface area contributed by atoms with Crippen LogP contribution in [0.4, 0.5) is 0 Å². The van der Waals surface area contributed by atoms with Crippen LogP contribution in [0.2, 0.25) is 0 Å². The first kappa shape index (κ1) is 92.2. The molecule has 0 saturated carbocycles. The third-order valence-corrected chi connectivity index (χ3v) is 12.7. The molecule has 0 aromatic carbocycles. The molecule has 0 spiro atoms. The molecule has 14 heteroatoms. The summed E-state index contributed by atoms with van der Waals surface area (Å²) in [5.41, 5.74) is 11.5. The van der Waals surface area contributed by atoms with Crippen LogP contribution in [0.3, 0.4) is 0 Å². The second-order valence-electron chi connectivity index (χ2n) is 20.5. The highest BCUT2D eigenvalue weighted by Crippen LogP contribution is 1.98. The number of nitrogens with zero attached hydrogens (tertiary/aromatic N) is 9. The number of halogens is 5. The van der Waals surface area contributed by atoms with E-state index in [1.54, 1.807) is 68.0 Å². The number of pyridine rings is 9. The number of unbranched alkanes of at least 4 members (excludes halogenated alkanes) is 5. The molecule has 0 unspecified atom stereocenters. The van der Waals surface area contributed by atoms with Gasteiger partial charge in [0.05, 0.1) is 0 Å². The Bertz CT molecular complexity index is 2480. The van der Waals surface area contributed by atoms with E-state index in [4.69, 9.17) is 0 Å². The Morgan fingerprint density at radius 1 is 0.292 bits per heavy atom. The second-order valence-corrected chi connectivity index (χ2v) is 21.3. The number of hydrogen-bond donors (Lipinski definition) is 0. The van der Waals surface area contributed by atoms with E-state index in [1.165, 1.54) is 109 Å². The maximum atomic E-state index is 3.85. The van der Waals surface area contributed by atoms with Crippen LogP contribution in [0.15, 0.2) is 227 Å². The number of alkyl halides is 1. The third kappa shape index (κ3) is 59.9. The van der Waals surface area contributed by atoms with Crippen molar-refractivity contribution in [1.82, 2.24) is 24.9 Å². The van der Waals surface area contributed by atoms with Crippen LogP contribution in [0.5, 0.6) is 0 Å². The topological polar surface area (TPSA) is 80.0 Å². The molecule has 9 aromatic heterocycles. The highest BCUT2D eigenvalue weighted by atomic mass is 79.9. The summed E-state index contributed by atoms with van der Waals surface area (Å²) in [6, 6.07) is 36.8. The minimum absolute atomic E-state index is 0. The number of aromatic nitrogens is 9. The van der Waals surface area contributed by atoms with Gasteiger partial charge in [0, 0.05) is 142 Å². The van der Waals surface area contributed by atoms with Crippen LogP contribution in [0, 0.1) is 55.4 Å². The smallest absolute Gasteiger partial charge is 0.169 e. The summed E-state index contributed by atoms with van der Waals surface area (Å²) in [6.45, 7) is 35.9. The van der Waals surface area contributed by atoms with Crippen molar-refractivity contribution in [2.75, 3.05) is 5.33 Å². The van der Waals surface area contributed by atoms with Crippen molar-refractivity contribution in [3.63, 3.8) is 0 Å². The summed E-state index contributed by atoms with van der Waals surface area (Å²) in [5, 5.41) is 1.16.